The minimum Gasteiger partial charge on any atom is -0.357 e. The average Bonchev–Trinajstić information content (AvgIpc) is 3.02. The molecule has 0 saturated carbocycles. The van der Waals surface area contributed by atoms with E-state index in [0.29, 0.717) is 18.0 Å². The molecule has 122 valence electrons. The van der Waals surface area contributed by atoms with E-state index in [1.807, 2.05) is 6.07 Å². The van der Waals surface area contributed by atoms with Crippen molar-refractivity contribution in [1.82, 2.24) is 9.29 Å². The molecule has 0 aliphatic carbocycles. The van der Waals surface area contributed by atoms with Crippen LogP contribution in [0.3, 0.4) is 0 Å². The summed E-state index contributed by atoms with van der Waals surface area (Å²) < 4.78 is 26.6. The van der Waals surface area contributed by atoms with E-state index in [4.69, 9.17) is 0 Å². The summed E-state index contributed by atoms with van der Waals surface area (Å²) in [5, 5.41) is 0. The molecule has 6 heteroatoms. The molecule has 5 nitrogen and oxygen atoms in total. The molecule has 1 aromatic heterocycles. The molecule has 1 aromatic rings. The molecule has 0 atom stereocenters. The molecule has 0 aromatic carbocycles. The first-order chi connectivity index (χ1) is 10.7. The molecule has 2 aliphatic rings. The van der Waals surface area contributed by atoms with Crippen LogP contribution in [0.1, 0.15) is 44.9 Å². The highest BCUT2D eigenvalue weighted by Gasteiger charge is 2.27. The summed E-state index contributed by atoms with van der Waals surface area (Å²) in [6, 6.07) is 3.58. The van der Waals surface area contributed by atoms with Gasteiger partial charge in [-0.25, -0.2) is 13.4 Å². The van der Waals surface area contributed by atoms with E-state index in [1.165, 1.54) is 38.3 Å². The van der Waals surface area contributed by atoms with E-state index in [-0.39, 0.29) is 0 Å². The van der Waals surface area contributed by atoms with E-state index in [2.05, 4.69) is 9.88 Å². The molecule has 3 heterocycles. The van der Waals surface area contributed by atoms with Crippen LogP contribution in [0.25, 0.3) is 0 Å². The number of anilines is 1. The van der Waals surface area contributed by atoms with Crippen molar-refractivity contribution >= 4 is 15.8 Å². The van der Waals surface area contributed by atoms with Gasteiger partial charge >= 0.3 is 0 Å². The molecule has 0 spiro atoms. The van der Waals surface area contributed by atoms with Crippen molar-refractivity contribution in [3.8, 4) is 0 Å². The maximum absolute atomic E-state index is 12.5. The zero-order valence-electron chi connectivity index (χ0n) is 13.1. The molecule has 2 aliphatic heterocycles. The van der Waals surface area contributed by atoms with Gasteiger partial charge in [0.15, 0.2) is 0 Å². The van der Waals surface area contributed by atoms with Gasteiger partial charge in [0.25, 0.3) is 0 Å². The van der Waals surface area contributed by atoms with E-state index in [9.17, 15) is 8.42 Å². The molecule has 0 unspecified atom stereocenters. The van der Waals surface area contributed by atoms with Gasteiger partial charge in [-0.3, -0.25) is 0 Å². The predicted molar refractivity (Wildman–Crippen MR) is 87.5 cm³/mol. The fraction of sp³-hybridized carbons (Fsp3) is 0.688. The maximum Gasteiger partial charge on any atom is 0.244 e. The van der Waals surface area contributed by atoms with Crippen molar-refractivity contribution in [2.45, 2.75) is 49.8 Å². The molecule has 2 fully saturated rings. The maximum atomic E-state index is 12.5. The zero-order chi connectivity index (χ0) is 15.4. The topological polar surface area (TPSA) is 53.5 Å². The summed E-state index contributed by atoms with van der Waals surface area (Å²) in [6.45, 7) is 3.31. The summed E-state index contributed by atoms with van der Waals surface area (Å²) >= 11 is 0. The Morgan fingerprint density at radius 3 is 2.00 bits per heavy atom. The number of nitrogens with zero attached hydrogens (tertiary/aromatic N) is 3. The predicted octanol–water partition coefficient (Wildman–Crippen LogP) is 2.64. The van der Waals surface area contributed by atoms with Crippen molar-refractivity contribution < 1.29 is 8.42 Å². The molecule has 0 bridgehead atoms. The third-order valence-electron chi connectivity index (χ3n) is 4.60. The molecule has 0 amide bonds. The van der Waals surface area contributed by atoms with Crippen molar-refractivity contribution in [3.63, 3.8) is 0 Å². The first kappa shape index (κ1) is 15.7. The van der Waals surface area contributed by atoms with Crippen LogP contribution < -0.4 is 4.90 Å². The summed E-state index contributed by atoms with van der Waals surface area (Å²) in [4.78, 5) is 7.04. The van der Waals surface area contributed by atoms with Gasteiger partial charge in [-0.2, -0.15) is 4.31 Å². The fourth-order valence-electron chi connectivity index (χ4n) is 3.27. The lowest BCUT2D eigenvalue weighted by Gasteiger charge is -2.26. The van der Waals surface area contributed by atoms with Gasteiger partial charge in [0.05, 0.1) is 0 Å². The van der Waals surface area contributed by atoms with Crippen LogP contribution in [0, 0.1) is 0 Å². The Bertz CT molecular complexity index is 572. The van der Waals surface area contributed by atoms with Crippen molar-refractivity contribution in [2.75, 3.05) is 31.1 Å². The lowest BCUT2D eigenvalue weighted by molar-refractivity contribution is 0.477. The standard InChI is InChI=1S/C16H25N3O2S/c20-22(21,19-12-6-7-13-19)15-8-9-16(17-14-15)18-10-4-2-1-3-5-11-18/h8-9,14H,1-7,10-13H2. The molecule has 3 rings (SSSR count). The van der Waals surface area contributed by atoms with Gasteiger partial charge in [-0.1, -0.05) is 19.3 Å². The summed E-state index contributed by atoms with van der Waals surface area (Å²) in [5.74, 6) is 0.905. The molecule has 2 saturated heterocycles. The van der Waals surface area contributed by atoms with Crippen molar-refractivity contribution in [2.24, 2.45) is 0 Å². The lowest BCUT2D eigenvalue weighted by atomic mass is 10.1. The Kier molecular flexibility index (Phi) is 4.98. The Balaban J connectivity index is 1.74. The number of rotatable bonds is 3. The molecule has 0 N–H and O–H groups in total. The quantitative estimate of drug-likeness (QED) is 0.858. The SMILES string of the molecule is O=S(=O)(c1ccc(N2CCCCCCC2)nc1)N1CCCC1. The first-order valence-corrected chi connectivity index (χ1v) is 9.83. The third kappa shape index (κ3) is 3.43. The van der Waals surface area contributed by atoms with Crippen LogP contribution in [-0.4, -0.2) is 43.9 Å². The minimum absolute atomic E-state index is 0.324. The van der Waals surface area contributed by atoms with Gasteiger partial charge in [-0.05, 0) is 37.8 Å². The minimum atomic E-state index is -3.35. The van der Waals surface area contributed by atoms with Crippen molar-refractivity contribution in [3.05, 3.63) is 18.3 Å². The monoisotopic (exact) mass is 323 g/mol. The summed E-state index contributed by atoms with van der Waals surface area (Å²) in [6.07, 6.45) is 9.70. The Morgan fingerprint density at radius 2 is 1.41 bits per heavy atom. The number of pyridine rings is 1. The highest BCUT2D eigenvalue weighted by atomic mass is 32.2. The number of sulfonamides is 1. The summed E-state index contributed by atoms with van der Waals surface area (Å²) in [5.41, 5.74) is 0. The van der Waals surface area contributed by atoms with Crippen LogP contribution in [0.5, 0.6) is 0 Å². The Morgan fingerprint density at radius 1 is 0.818 bits per heavy atom. The number of hydrogen-bond donors (Lipinski definition) is 0. The van der Waals surface area contributed by atoms with Crippen LogP contribution in [0.15, 0.2) is 23.2 Å². The van der Waals surface area contributed by atoms with Gasteiger partial charge in [0, 0.05) is 32.4 Å². The second-order valence-electron chi connectivity index (χ2n) is 6.22. The zero-order valence-corrected chi connectivity index (χ0v) is 13.9. The molecule has 22 heavy (non-hydrogen) atoms. The largest absolute Gasteiger partial charge is 0.357 e. The van der Waals surface area contributed by atoms with E-state index in [0.717, 1.165) is 31.7 Å². The molecular weight excluding hydrogens is 298 g/mol. The smallest absolute Gasteiger partial charge is 0.244 e. The van der Waals surface area contributed by atoms with E-state index >= 15 is 0 Å². The van der Waals surface area contributed by atoms with Crippen LogP contribution in [0.4, 0.5) is 5.82 Å². The first-order valence-electron chi connectivity index (χ1n) is 8.39. The fourth-order valence-corrected chi connectivity index (χ4v) is 4.73. The molecule has 0 radical (unpaired) electrons. The summed E-state index contributed by atoms with van der Waals surface area (Å²) in [7, 11) is -3.35. The highest BCUT2D eigenvalue weighted by molar-refractivity contribution is 7.89. The molecular formula is C16H25N3O2S. The number of aromatic nitrogens is 1. The third-order valence-corrected chi connectivity index (χ3v) is 6.49. The van der Waals surface area contributed by atoms with Gasteiger partial charge < -0.3 is 4.90 Å². The average molecular weight is 323 g/mol. The number of hydrogen-bond acceptors (Lipinski definition) is 4. The lowest BCUT2D eigenvalue weighted by Crippen LogP contribution is -2.29. The van der Waals surface area contributed by atoms with E-state index < -0.39 is 10.0 Å². The highest BCUT2D eigenvalue weighted by Crippen LogP contribution is 2.23. The van der Waals surface area contributed by atoms with E-state index in [1.54, 1.807) is 10.4 Å². The van der Waals surface area contributed by atoms with Crippen LogP contribution >= 0.6 is 0 Å². The van der Waals surface area contributed by atoms with Crippen LogP contribution in [-0.2, 0) is 10.0 Å². The second kappa shape index (κ2) is 6.96. The Labute approximate surface area is 133 Å². The van der Waals surface area contributed by atoms with Crippen molar-refractivity contribution in [1.29, 1.82) is 0 Å². The van der Waals surface area contributed by atoms with Gasteiger partial charge in [0.1, 0.15) is 10.7 Å². The van der Waals surface area contributed by atoms with Gasteiger partial charge in [0.2, 0.25) is 10.0 Å². The van der Waals surface area contributed by atoms with Crippen LogP contribution in [0.2, 0.25) is 0 Å². The Hall–Kier alpha value is -1.14. The second-order valence-corrected chi connectivity index (χ2v) is 8.16. The normalized spacial score (nSPS) is 21.5. The van der Waals surface area contributed by atoms with Gasteiger partial charge in [-0.15, -0.1) is 0 Å².